The van der Waals surface area contributed by atoms with Gasteiger partial charge in [-0.1, -0.05) is 5.16 Å². The van der Waals surface area contributed by atoms with Crippen molar-refractivity contribution in [1.82, 2.24) is 10.1 Å². The molecule has 3 rings (SSSR count). The number of hydrogen-bond donors (Lipinski definition) is 1. The number of aliphatic carboxylic acids is 1. The predicted molar refractivity (Wildman–Crippen MR) is 74.3 cm³/mol. The lowest BCUT2D eigenvalue weighted by Gasteiger charge is -2.17. The maximum atomic E-state index is 11.2. The van der Waals surface area contributed by atoms with Crippen LogP contribution in [0.3, 0.4) is 0 Å². The van der Waals surface area contributed by atoms with Gasteiger partial charge in [0.2, 0.25) is 5.82 Å². The number of carboxylic acids is 1. The zero-order valence-electron chi connectivity index (χ0n) is 11.5. The molecule has 1 aliphatic heterocycles. The highest BCUT2D eigenvalue weighted by Gasteiger charge is 2.34. The van der Waals surface area contributed by atoms with E-state index < -0.39 is 12.0 Å². The van der Waals surface area contributed by atoms with E-state index in [0.29, 0.717) is 18.8 Å². The summed E-state index contributed by atoms with van der Waals surface area (Å²) in [6.07, 6.45) is 1.40. The molecule has 0 bridgehead atoms. The van der Waals surface area contributed by atoms with Crippen molar-refractivity contribution in [2.75, 3.05) is 18.6 Å². The van der Waals surface area contributed by atoms with Crippen LogP contribution >= 0.6 is 0 Å². The topological polar surface area (TPSA) is 88.7 Å². The van der Waals surface area contributed by atoms with Crippen LogP contribution in [0.5, 0.6) is 5.75 Å². The SMILES string of the molecule is COc1ccc(-c2noc(N3CCC[C@@H]3C(=O)O)n2)cc1. The summed E-state index contributed by atoms with van der Waals surface area (Å²) in [5.41, 5.74) is 0.789. The number of methoxy groups -OCH3 is 1. The first kappa shape index (κ1) is 13.4. The molecular weight excluding hydrogens is 274 g/mol. The van der Waals surface area contributed by atoms with Gasteiger partial charge in [-0.2, -0.15) is 4.98 Å². The standard InChI is InChI=1S/C14H15N3O4/c1-20-10-6-4-9(5-7-10)12-15-14(21-16-12)17-8-2-3-11(17)13(18)19/h4-7,11H,2-3,8H2,1H3,(H,18,19)/t11-/m1/s1. The number of benzene rings is 1. The fourth-order valence-electron chi connectivity index (χ4n) is 2.44. The predicted octanol–water partition coefficient (Wildman–Crippen LogP) is 1.80. The largest absolute Gasteiger partial charge is 0.497 e. The molecule has 1 N–H and O–H groups in total. The van der Waals surface area contributed by atoms with E-state index in [1.54, 1.807) is 24.1 Å². The Morgan fingerprint density at radius 3 is 2.86 bits per heavy atom. The fourth-order valence-corrected chi connectivity index (χ4v) is 2.44. The van der Waals surface area contributed by atoms with Crippen LogP contribution in [0, 0.1) is 0 Å². The van der Waals surface area contributed by atoms with E-state index in [1.807, 2.05) is 12.1 Å². The Hall–Kier alpha value is -2.57. The lowest BCUT2D eigenvalue weighted by Crippen LogP contribution is -2.36. The van der Waals surface area contributed by atoms with Gasteiger partial charge in [0, 0.05) is 12.1 Å². The van der Waals surface area contributed by atoms with E-state index in [9.17, 15) is 9.90 Å². The Morgan fingerprint density at radius 2 is 2.19 bits per heavy atom. The first-order chi connectivity index (χ1) is 10.2. The highest BCUT2D eigenvalue weighted by Crippen LogP contribution is 2.27. The molecule has 1 aromatic carbocycles. The number of rotatable bonds is 4. The molecule has 7 nitrogen and oxygen atoms in total. The van der Waals surface area contributed by atoms with E-state index in [-0.39, 0.29) is 6.01 Å². The van der Waals surface area contributed by atoms with Crippen molar-refractivity contribution in [3.8, 4) is 17.1 Å². The third-order valence-electron chi connectivity index (χ3n) is 3.55. The van der Waals surface area contributed by atoms with Gasteiger partial charge in [-0.05, 0) is 37.1 Å². The van der Waals surface area contributed by atoms with Crippen molar-refractivity contribution in [2.24, 2.45) is 0 Å². The van der Waals surface area contributed by atoms with Crippen LogP contribution in [-0.2, 0) is 4.79 Å². The first-order valence-electron chi connectivity index (χ1n) is 6.66. The van der Waals surface area contributed by atoms with Gasteiger partial charge in [0.15, 0.2) is 0 Å². The van der Waals surface area contributed by atoms with Crippen LogP contribution in [0.15, 0.2) is 28.8 Å². The molecule has 0 unspecified atom stereocenters. The number of nitrogens with zero attached hydrogens (tertiary/aromatic N) is 3. The van der Waals surface area contributed by atoms with Crippen LogP contribution < -0.4 is 9.64 Å². The minimum absolute atomic E-state index is 0.255. The number of carboxylic acid groups (broad SMARTS) is 1. The summed E-state index contributed by atoms with van der Waals surface area (Å²) in [4.78, 5) is 17.1. The average Bonchev–Trinajstić information content (AvgIpc) is 3.16. The van der Waals surface area contributed by atoms with E-state index in [4.69, 9.17) is 9.26 Å². The van der Waals surface area contributed by atoms with Crippen molar-refractivity contribution in [2.45, 2.75) is 18.9 Å². The van der Waals surface area contributed by atoms with Gasteiger partial charge >= 0.3 is 12.0 Å². The zero-order chi connectivity index (χ0) is 14.8. The molecule has 1 saturated heterocycles. The highest BCUT2D eigenvalue weighted by atomic mass is 16.5. The van der Waals surface area contributed by atoms with Gasteiger partial charge in [0.1, 0.15) is 11.8 Å². The molecule has 1 aromatic heterocycles. The number of hydrogen-bond acceptors (Lipinski definition) is 6. The van der Waals surface area contributed by atoms with E-state index in [0.717, 1.165) is 17.7 Å². The van der Waals surface area contributed by atoms with Crippen molar-refractivity contribution < 1.29 is 19.2 Å². The average molecular weight is 289 g/mol. The van der Waals surface area contributed by atoms with Crippen molar-refractivity contribution >= 4 is 12.0 Å². The van der Waals surface area contributed by atoms with Gasteiger partial charge in [0.05, 0.1) is 7.11 Å². The molecule has 2 aromatic rings. The molecule has 1 atom stereocenters. The molecule has 0 amide bonds. The van der Waals surface area contributed by atoms with Crippen LogP contribution in [0.4, 0.5) is 6.01 Å². The summed E-state index contributed by atoms with van der Waals surface area (Å²) in [6.45, 7) is 0.612. The summed E-state index contributed by atoms with van der Waals surface area (Å²) >= 11 is 0. The minimum atomic E-state index is -0.864. The van der Waals surface area contributed by atoms with Crippen molar-refractivity contribution in [1.29, 1.82) is 0 Å². The Balaban J connectivity index is 1.84. The molecule has 2 heterocycles. The Kier molecular flexibility index (Phi) is 3.47. The zero-order valence-corrected chi connectivity index (χ0v) is 11.5. The molecule has 1 aliphatic rings. The summed E-state index contributed by atoms with van der Waals surface area (Å²) in [7, 11) is 1.60. The smallest absolute Gasteiger partial charge is 0.326 e. The fraction of sp³-hybridized carbons (Fsp3) is 0.357. The number of aromatic nitrogens is 2. The number of ether oxygens (including phenoxy) is 1. The maximum absolute atomic E-state index is 11.2. The third kappa shape index (κ3) is 2.54. The second-order valence-corrected chi connectivity index (χ2v) is 4.82. The summed E-state index contributed by atoms with van der Waals surface area (Å²) in [5.74, 6) is 0.313. The second kappa shape index (κ2) is 5.43. The molecular formula is C14H15N3O4. The van der Waals surface area contributed by atoms with E-state index in [1.165, 1.54) is 0 Å². The second-order valence-electron chi connectivity index (χ2n) is 4.82. The van der Waals surface area contributed by atoms with Gasteiger partial charge in [-0.15, -0.1) is 0 Å². The molecule has 1 fully saturated rings. The third-order valence-corrected chi connectivity index (χ3v) is 3.55. The molecule has 0 radical (unpaired) electrons. The molecule has 7 heteroatoms. The van der Waals surface area contributed by atoms with Crippen LogP contribution in [0.1, 0.15) is 12.8 Å². The lowest BCUT2D eigenvalue weighted by atomic mass is 10.2. The van der Waals surface area contributed by atoms with E-state index in [2.05, 4.69) is 10.1 Å². The number of carbonyl (C=O) groups is 1. The van der Waals surface area contributed by atoms with Crippen molar-refractivity contribution in [3.05, 3.63) is 24.3 Å². The summed E-state index contributed by atoms with van der Waals surface area (Å²) < 4.78 is 10.3. The van der Waals surface area contributed by atoms with Crippen molar-refractivity contribution in [3.63, 3.8) is 0 Å². The van der Waals surface area contributed by atoms with Gasteiger partial charge in [0.25, 0.3) is 0 Å². The first-order valence-corrected chi connectivity index (χ1v) is 6.66. The quantitative estimate of drug-likeness (QED) is 0.917. The van der Waals surface area contributed by atoms with Gasteiger partial charge < -0.3 is 19.3 Å². The minimum Gasteiger partial charge on any atom is -0.497 e. The van der Waals surface area contributed by atoms with Crippen LogP contribution in [0.2, 0.25) is 0 Å². The normalized spacial score (nSPS) is 18.0. The van der Waals surface area contributed by atoms with Gasteiger partial charge in [-0.3, -0.25) is 0 Å². The summed E-state index contributed by atoms with van der Waals surface area (Å²) in [5, 5.41) is 13.1. The van der Waals surface area contributed by atoms with Crippen LogP contribution in [0.25, 0.3) is 11.4 Å². The molecule has 110 valence electrons. The van der Waals surface area contributed by atoms with Crippen LogP contribution in [-0.4, -0.2) is 40.9 Å². The monoisotopic (exact) mass is 289 g/mol. The summed E-state index contributed by atoms with van der Waals surface area (Å²) in [6, 6.07) is 6.93. The van der Waals surface area contributed by atoms with E-state index >= 15 is 0 Å². The Labute approximate surface area is 121 Å². The molecule has 0 saturated carbocycles. The Morgan fingerprint density at radius 1 is 1.43 bits per heavy atom. The molecule has 21 heavy (non-hydrogen) atoms. The lowest BCUT2D eigenvalue weighted by molar-refractivity contribution is -0.138. The number of anilines is 1. The molecule has 0 spiro atoms. The van der Waals surface area contributed by atoms with Gasteiger partial charge in [-0.25, -0.2) is 4.79 Å². The maximum Gasteiger partial charge on any atom is 0.326 e. The molecule has 0 aliphatic carbocycles. The highest BCUT2D eigenvalue weighted by molar-refractivity contribution is 5.78. The Bertz CT molecular complexity index is 638.